The molecule has 1 aliphatic rings. The Hall–Kier alpha value is -1.00. The van der Waals surface area contributed by atoms with Crippen LogP contribution in [0.4, 0.5) is 10.2 Å². The van der Waals surface area contributed by atoms with Gasteiger partial charge in [-0.3, -0.25) is 4.79 Å². The molecule has 1 amide bonds. The fourth-order valence-corrected chi connectivity index (χ4v) is 4.92. The van der Waals surface area contributed by atoms with Gasteiger partial charge in [0.2, 0.25) is 5.91 Å². The zero-order valence-corrected chi connectivity index (χ0v) is 26.9. The SMILES string of the molecule is Br.Br.CCC[C@H](NC1CCc2cc(F)ccc2[C@@H]1Cl)C(=O)Nc1cn(C(C)(C)CNCC(C)(C)C)cn1. The maximum atomic E-state index is 13.6. The molecule has 1 aromatic heterocycles. The minimum atomic E-state index is -0.389. The van der Waals surface area contributed by atoms with Crippen molar-refractivity contribution in [2.24, 2.45) is 5.41 Å². The molecule has 1 heterocycles. The van der Waals surface area contributed by atoms with Crippen LogP contribution in [0.2, 0.25) is 0 Å². The van der Waals surface area contributed by atoms with Crippen molar-refractivity contribution in [3.8, 4) is 0 Å². The number of benzene rings is 1. The molecular weight excluding hydrogens is 625 g/mol. The van der Waals surface area contributed by atoms with E-state index >= 15 is 0 Å². The van der Waals surface area contributed by atoms with Gasteiger partial charge in [-0.05, 0) is 61.8 Å². The third kappa shape index (κ3) is 9.60. The van der Waals surface area contributed by atoms with Crippen LogP contribution in [0.25, 0.3) is 0 Å². The van der Waals surface area contributed by atoms with Crippen LogP contribution in [0, 0.1) is 11.2 Å². The summed E-state index contributed by atoms with van der Waals surface area (Å²) in [4.78, 5) is 17.6. The molecule has 0 fully saturated rings. The number of carbonyl (C=O) groups is 1. The zero-order chi connectivity index (χ0) is 25.8. The van der Waals surface area contributed by atoms with Crippen LogP contribution in [0.1, 0.15) is 77.3 Å². The van der Waals surface area contributed by atoms with Gasteiger partial charge in [-0.25, -0.2) is 9.37 Å². The molecule has 0 aliphatic heterocycles. The van der Waals surface area contributed by atoms with Gasteiger partial charge in [-0.2, -0.15) is 0 Å². The molecule has 0 radical (unpaired) electrons. The fraction of sp³-hybridized carbons (Fsp3) is 0.630. The van der Waals surface area contributed by atoms with Gasteiger partial charge in [-0.15, -0.1) is 45.6 Å². The van der Waals surface area contributed by atoms with E-state index in [4.69, 9.17) is 11.6 Å². The van der Waals surface area contributed by atoms with Gasteiger partial charge in [0.05, 0.1) is 23.3 Å². The molecule has 0 bridgehead atoms. The van der Waals surface area contributed by atoms with Crippen molar-refractivity contribution in [2.45, 2.75) is 90.2 Å². The third-order valence-electron chi connectivity index (χ3n) is 6.53. The summed E-state index contributed by atoms with van der Waals surface area (Å²) in [6, 6.07) is 4.31. The van der Waals surface area contributed by atoms with Gasteiger partial charge in [-0.1, -0.05) is 40.2 Å². The number of rotatable bonds is 10. The number of anilines is 1. The molecule has 6 nitrogen and oxygen atoms in total. The van der Waals surface area contributed by atoms with E-state index in [0.29, 0.717) is 12.2 Å². The van der Waals surface area contributed by atoms with Gasteiger partial charge in [0, 0.05) is 25.3 Å². The number of aryl methyl sites for hydroxylation is 1. The molecule has 1 unspecified atom stereocenters. The number of alkyl halides is 1. The Morgan fingerprint density at radius 3 is 2.57 bits per heavy atom. The summed E-state index contributed by atoms with van der Waals surface area (Å²) in [6.45, 7) is 14.7. The van der Waals surface area contributed by atoms with Gasteiger partial charge < -0.3 is 20.5 Å². The number of amides is 1. The normalized spacial score (nSPS) is 18.3. The molecule has 3 atom stereocenters. The average molecular weight is 668 g/mol. The van der Waals surface area contributed by atoms with Gasteiger partial charge in [0.1, 0.15) is 5.82 Å². The summed E-state index contributed by atoms with van der Waals surface area (Å²) in [5.41, 5.74) is 1.91. The number of hydrogen-bond acceptors (Lipinski definition) is 4. The van der Waals surface area contributed by atoms with Crippen LogP contribution in [0.15, 0.2) is 30.7 Å². The van der Waals surface area contributed by atoms with E-state index in [1.807, 2.05) is 10.8 Å². The highest BCUT2D eigenvalue weighted by Gasteiger charge is 2.32. The number of hydrogen-bond donors (Lipinski definition) is 3. The first-order chi connectivity index (χ1) is 16.4. The predicted octanol–water partition coefficient (Wildman–Crippen LogP) is 6.54. The highest BCUT2D eigenvalue weighted by atomic mass is 79.9. The topological polar surface area (TPSA) is 71.0 Å². The summed E-state index contributed by atoms with van der Waals surface area (Å²) in [5.74, 6) is 0.179. The average Bonchev–Trinajstić information content (AvgIpc) is 3.23. The Labute approximate surface area is 247 Å². The van der Waals surface area contributed by atoms with Crippen LogP contribution >= 0.6 is 45.6 Å². The summed E-state index contributed by atoms with van der Waals surface area (Å²) in [5, 5.41) is 9.68. The third-order valence-corrected chi connectivity index (χ3v) is 7.07. The van der Waals surface area contributed by atoms with Crippen molar-refractivity contribution >= 4 is 57.3 Å². The standard InChI is InChI=1S/C27H41ClFN5O.2BrH/c1-7-8-22(32-21-12-9-18-13-19(29)10-11-20(18)24(21)28)25(35)33-23-14-34(17-31-23)27(5,6)16-30-15-26(2,3)4;;/h10-11,13-14,17,21-22,24,30,32H,7-9,12,15-16H2,1-6H3,(H,33,35);2*1H/t21?,22-,24-;;/m0../s1. The molecule has 37 heavy (non-hydrogen) atoms. The van der Waals surface area contributed by atoms with E-state index in [0.717, 1.165) is 43.5 Å². The van der Waals surface area contributed by atoms with Crippen LogP contribution in [0.5, 0.6) is 0 Å². The van der Waals surface area contributed by atoms with Crippen LogP contribution in [-0.2, 0) is 16.8 Å². The first kappa shape index (κ1) is 34.0. The summed E-state index contributed by atoms with van der Waals surface area (Å²) in [6.07, 6.45) is 6.68. The number of imidazole rings is 1. The van der Waals surface area contributed by atoms with Crippen molar-refractivity contribution in [2.75, 3.05) is 18.4 Å². The maximum Gasteiger partial charge on any atom is 0.242 e. The Morgan fingerprint density at radius 1 is 1.22 bits per heavy atom. The summed E-state index contributed by atoms with van der Waals surface area (Å²) < 4.78 is 15.6. The minimum absolute atomic E-state index is 0. The maximum absolute atomic E-state index is 13.6. The molecule has 10 heteroatoms. The van der Waals surface area contributed by atoms with E-state index in [-0.39, 0.29) is 74.1 Å². The molecule has 0 spiro atoms. The molecule has 3 N–H and O–H groups in total. The largest absolute Gasteiger partial charge is 0.328 e. The van der Waals surface area contributed by atoms with Crippen LogP contribution in [0.3, 0.4) is 0 Å². The molecule has 210 valence electrons. The zero-order valence-electron chi connectivity index (χ0n) is 22.7. The van der Waals surface area contributed by atoms with Gasteiger partial charge in [0.15, 0.2) is 5.82 Å². The second-order valence-corrected chi connectivity index (χ2v) is 12.0. The fourth-order valence-electron chi connectivity index (χ4n) is 4.51. The van der Waals surface area contributed by atoms with E-state index in [1.165, 1.54) is 6.07 Å². The number of carbonyl (C=O) groups excluding carboxylic acids is 1. The quantitative estimate of drug-likeness (QED) is 0.252. The minimum Gasteiger partial charge on any atom is -0.328 e. The van der Waals surface area contributed by atoms with E-state index in [1.54, 1.807) is 18.5 Å². The monoisotopic (exact) mass is 665 g/mol. The first-order valence-electron chi connectivity index (χ1n) is 12.6. The van der Waals surface area contributed by atoms with Crippen molar-refractivity contribution in [1.29, 1.82) is 0 Å². The van der Waals surface area contributed by atoms with Gasteiger partial charge in [0.25, 0.3) is 0 Å². The Bertz CT molecular complexity index is 1010. The number of fused-ring (bicyclic) bond motifs is 1. The molecule has 1 aliphatic carbocycles. The molecule has 0 saturated carbocycles. The van der Waals surface area contributed by atoms with E-state index in [2.05, 4.69) is 62.5 Å². The molecule has 1 aromatic carbocycles. The lowest BCUT2D eigenvalue weighted by atomic mass is 9.87. The van der Waals surface area contributed by atoms with Crippen molar-refractivity contribution in [3.05, 3.63) is 47.7 Å². The number of halogens is 4. The first-order valence-corrected chi connectivity index (χ1v) is 13.1. The molecule has 0 saturated heterocycles. The molecule has 2 aromatic rings. The van der Waals surface area contributed by atoms with Crippen LogP contribution in [-0.4, -0.2) is 40.6 Å². The summed E-state index contributed by atoms with van der Waals surface area (Å²) >= 11 is 6.76. The van der Waals surface area contributed by atoms with E-state index in [9.17, 15) is 9.18 Å². The van der Waals surface area contributed by atoms with Crippen molar-refractivity contribution < 1.29 is 9.18 Å². The number of nitrogens with zero attached hydrogens (tertiary/aromatic N) is 2. The van der Waals surface area contributed by atoms with E-state index < -0.39 is 0 Å². The predicted molar refractivity (Wildman–Crippen MR) is 162 cm³/mol. The Morgan fingerprint density at radius 2 is 1.92 bits per heavy atom. The van der Waals surface area contributed by atoms with Crippen molar-refractivity contribution in [3.63, 3.8) is 0 Å². The lowest BCUT2D eigenvalue weighted by molar-refractivity contribution is -0.118. The lowest BCUT2D eigenvalue weighted by Crippen LogP contribution is -2.48. The smallest absolute Gasteiger partial charge is 0.242 e. The lowest BCUT2D eigenvalue weighted by Gasteiger charge is -2.33. The summed E-state index contributed by atoms with van der Waals surface area (Å²) in [7, 11) is 0. The molecular formula is C27H43Br2ClFN5O. The second kappa shape index (κ2) is 14.4. The Kier molecular flexibility index (Phi) is 13.2. The highest BCUT2D eigenvalue weighted by molar-refractivity contribution is 8.93. The molecule has 3 rings (SSSR count). The Balaban J connectivity index is 0.00000342. The van der Waals surface area contributed by atoms with Crippen molar-refractivity contribution in [1.82, 2.24) is 20.2 Å². The highest BCUT2D eigenvalue weighted by Crippen LogP contribution is 2.35. The van der Waals surface area contributed by atoms with Gasteiger partial charge >= 0.3 is 0 Å². The second-order valence-electron chi connectivity index (χ2n) is 11.5. The van der Waals surface area contributed by atoms with Crippen LogP contribution < -0.4 is 16.0 Å². The number of nitrogens with one attached hydrogen (secondary N) is 3. The number of aromatic nitrogens is 2.